The molecule has 0 saturated carbocycles. The van der Waals surface area contributed by atoms with Crippen molar-refractivity contribution in [3.05, 3.63) is 53.6 Å². The summed E-state index contributed by atoms with van der Waals surface area (Å²) in [5, 5.41) is 12.0. The first-order valence-corrected chi connectivity index (χ1v) is 5.08. The summed E-state index contributed by atoms with van der Waals surface area (Å²) in [6, 6.07) is 7.87. The molecular formula is C13H10FN3. The lowest BCUT2D eigenvalue weighted by atomic mass is 10.1. The normalized spacial score (nSPS) is 9.71. The minimum Gasteiger partial charge on any atom is -0.353 e. The Kier molecular flexibility index (Phi) is 3.01. The van der Waals surface area contributed by atoms with E-state index in [-0.39, 0.29) is 5.56 Å². The molecule has 0 aliphatic rings. The first kappa shape index (κ1) is 11.1. The van der Waals surface area contributed by atoms with Crippen molar-refractivity contribution in [3.8, 4) is 6.07 Å². The number of anilines is 2. The Balaban J connectivity index is 2.37. The molecule has 1 N–H and O–H groups in total. The Labute approximate surface area is 98.5 Å². The fourth-order valence-corrected chi connectivity index (χ4v) is 1.46. The van der Waals surface area contributed by atoms with Gasteiger partial charge in [-0.05, 0) is 36.8 Å². The zero-order valence-electron chi connectivity index (χ0n) is 9.24. The van der Waals surface area contributed by atoms with E-state index < -0.39 is 5.82 Å². The van der Waals surface area contributed by atoms with Gasteiger partial charge >= 0.3 is 0 Å². The van der Waals surface area contributed by atoms with Crippen LogP contribution in [0.5, 0.6) is 0 Å². The Morgan fingerprint density at radius 1 is 1.29 bits per heavy atom. The maximum Gasteiger partial charge on any atom is 0.124 e. The summed E-state index contributed by atoms with van der Waals surface area (Å²) in [5.41, 5.74) is 2.65. The minimum atomic E-state index is -0.421. The molecule has 17 heavy (non-hydrogen) atoms. The standard InChI is InChI=1S/C13H10FN3/c1-9-4-5-16-8-13(9)17-12-3-2-11(14)6-10(12)7-15/h2-6,8,17H,1H3. The predicted octanol–water partition coefficient (Wildman–Crippen LogP) is 3.14. The van der Waals surface area contributed by atoms with Gasteiger partial charge in [0.05, 0.1) is 23.1 Å². The Morgan fingerprint density at radius 2 is 2.12 bits per heavy atom. The Hall–Kier alpha value is -2.41. The third-order valence-electron chi connectivity index (χ3n) is 2.41. The van der Waals surface area contributed by atoms with Crippen LogP contribution in [0.2, 0.25) is 0 Å². The highest BCUT2D eigenvalue weighted by Gasteiger charge is 2.05. The van der Waals surface area contributed by atoms with E-state index in [1.165, 1.54) is 12.1 Å². The molecule has 0 radical (unpaired) electrons. The molecule has 0 amide bonds. The summed E-state index contributed by atoms with van der Waals surface area (Å²) < 4.78 is 13.0. The second kappa shape index (κ2) is 4.62. The summed E-state index contributed by atoms with van der Waals surface area (Å²) >= 11 is 0. The van der Waals surface area contributed by atoms with Gasteiger partial charge in [-0.25, -0.2) is 4.39 Å². The minimum absolute atomic E-state index is 0.272. The fraction of sp³-hybridized carbons (Fsp3) is 0.0769. The van der Waals surface area contributed by atoms with Crippen molar-refractivity contribution in [1.29, 1.82) is 5.26 Å². The highest BCUT2D eigenvalue weighted by atomic mass is 19.1. The molecule has 1 heterocycles. The lowest BCUT2D eigenvalue weighted by molar-refractivity contribution is 0.627. The highest BCUT2D eigenvalue weighted by Crippen LogP contribution is 2.22. The molecule has 0 aliphatic carbocycles. The van der Waals surface area contributed by atoms with Gasteiger partial charge in [0, 0.05) is 6.20 Å². The highest BCUT2D eigenvalue weighted by molar-refractivity contribution is 5.67. The smallest absolute Gasteiger partial charge is 0.124 e. The number of aromatic nitrogens is 1. The number of nitrogens with zero attached hydrogens (tertiary/aromatic N) is 2. The van der Waals surface area contributed by atoms with Crippen molar-refractivity contribution in [1.82, 2.24) is 4.98 Å². The second-order valence-electron chi connectivity index (χ2n) is 3.62. The molecule has 0 fully saturated rings. The average Bonchev–Trinajstić information content (AvgIpc) is 2.34. The van der Waals surface area contributed by atoms with E-state index in [1.807, 2.05) is 19.1 Å². The van der Waals surface area contributed by atoms with E-state index in [4.69, 9.17) is 5.26 Å². The first-order valence-electron chi connectivity index (χ1n) is 5.08. The Morgan fingerprint density at radius 3 is 2.82 bits per heavy atom. The summed E-state index contributed by atoms with van der Waals surface area (Å²) in [4.78, 5) is 4.00. The van der Waals surface area contributed by atoms with Gasteiger partial charge in [-0.15, -0.1) is 0 Å². The van der Waals surface area contributed by atoms with E-state index in [1.54, 1.807) is 18.5 Å². The zero-order valence-corrected chi connectivity index (χ0v) is 9.24. The van der Waals surface area contributed by atoms with Crippen LogP contribution in [-0.4, -0.2) is 4.98 Å². The second-order valence-corrected chi connectivity index (χ2v) is 3.62. The molecule has 0 bridgehead atoms. The molecule has 2 aromatic rings. The number of nitriles is 1. The van der Waals surface area contributed by atoms with Crippen LogP contribution in [0.4, 0.5) is 15.8 Å². The van der Waals surface area contributed by atoms with E-state index in [0.29, 0.717) is 5.69 Å². The molecular weight excluding hydrogens is 217 g/mol. The van der Waals surface area contributed by atoms with Gasteiger partial charge in [0.15, 0.2) is 0 Å². The summed E-state index contributed by atoms with van der Waals surface area (Å²) in [6.45, 7) is 1.93. The van der Waals surface area contributed by atoms with Crippen molar-refractivity contribution < 1.29 is 4.39 Å². The van der Waals surface area contributed by atoms with E-state index in [9.17, 15) is 4.39 Å². The number of pyridine rings is 1. The SMILES string of the molecule is Cc1ccncc1Nc1ccc(F)cc1C#N. The number of benzene rings is 1. The van der Waals surface area contributed by atoms with E-state index in [2.05, 4.69) is 10.3 Å². The third kappa shape index (κ3) is 2.40. The maximum atomic E-state index is 13.0. The largest absolute Gasteiger partial charge is 0.353 e. The van der Waals surface area contributed by atoms with E-state index >= 15 is 0 Å². The maximum absolute atomic E-state index is 13.0. The topological polar surface area (TPSA) is 48.7 Å². The number of nitrogens with one attached hydrogen (secondary N) is 1. The first-order chi connectivity index (χ1) is 8.20. The molecule has 1 aromatic heterocycles. The van der Waals surface area contributed by atoms with Gasteiger partial charge in [0.2, 0.25) is 0 Å². The van der Waals surface area contributed by atoms with Crippen LogP contribution in [-0.2, 0) is 0 Å². The van der Waals surface area contributed by atoms with Gasteiger partial charge < -0.3 is 5.32 Å². The van der Waals surface area contributed by atoms with Crippen LogP contribution in [0.3, 0.4) is 0 Å². The van der Waals surface area contributed by atoms with Gasteiger partial charge in [-0.2, -0.15) is 5.26 Å². The number of halogens is 1. The van der Waals surface area contributed by atoms with Crippen LogP contribution in [0.25, 0.3) is 0 Å². The number of hydrogen-bond donors (Lipinski definition) is 1. The van der Waals surface area contributed by atoms with Crippen molar-refractivity contribution in [2.75, 3.05) is 5.32 Å². The van der Waals surface area contributed by atoms with Crippen LogP contribution in [0, 0.1) is 24.1 Å². The third-order valence-corrected chi connectivity index (χ3v) is 2.41. The van der Waals surface area contributed by atoms with Crippen LogP contribution in [0.15, 0.2) is 36.7 Å². The Bertz CT molecular complexity index is 587. The lowest BCUT2D eigenvalue weighted by Gasteiger charge is -2.09. The average molecular weight is 227 g/mol. The number of hydrogen-bond acceptors (Lipinski definition) is 3. The molecule has 1 aromatic carbocycles. The quantitative estimate of drug-likeness (QED) is 0.857. The number of aryl methyl sites for hydroxylation is 1. The monoisotopic (exact) mass is 227 g/mol. The summed E-state index contributed by atoms with van der Waals surface area (Å²) in [7, 11) is 0. The van der Waals surface area contributed by atoms with Crippen molar-refractivity contribution >= 4 is 11.4 Å². The predicted molar refractivity (Wildman–Crippen MR) is 63.4 cm³/mol. The summed E-state index contributed by atoms with van der Waals surface area (Å²) in [6.07, 6.45) is 3.36. The van der Waals surface area contributed by atoms with Crippen molar-refractivity contribution in [2.24, 2.45) is 0 Å². The number of rotatable bonds is 2. The molecule has 0 atom stereocenters. The molecule has 3 nitrogen and oxygen atoms in total. The van der Waals surface area contributed by atoms with Crippen molar-refractivity contribution in [3.63, 3.8) is 0 Å². The van der Waals surface area contributed by atoms with Gasteiger partial charge in [-0.3, -0.25) is 4.98 Å². The molecule has 0 aliphatic heterocycles. The molecule has 0 saturated heterocycles. The van der Waals surface area contributed by atoms with Crippen LogP contribution >= 0.6 is 0 Å². The molecule has 4 heteroatoms. The molecule has 0 spiro atoms. The molecule has 84 valence electrons. The van der Waals surface area contributed by atoms with Crippen LogP contribution in [0.1, 0.15) is 11.1 Å². The van der Waals surface area contributed by atoms with E-state index in [0.717, 1.165) is 11.3 Å². The molecule has 2 rings (SSSR count). The molecule has 0 unspecified atom stereocenters. The van der Waals surface area contributed by atoms with Crippen molar-refractivity contribution in [2.45, 2.75) is 6.92 Å². The van der Waals surface area contributed by atoms with Gasteiger partial charge in [0.1, 0.15) is 11.9 Å². The van der Waals surface area contributed by atoms with Gasteiger partial charge in [0.25, 0.3) is 0 Å². The van der Waals surface area contributed by atoms with Gasteiger partial charge in [-0.1, -0.05) is 0 Å². The summed E-state index contributed by atoms with van der Waals surface area (Å²) in [5.74, 6) is -0.421. The zero-order chi connectivity index (χ0) is 12.3. The van der Waals surface area contributed by atoms with Crippen LogP contribution < -0.4 is 5.32 Å². The lowest BCUT2D eigenvalue weighted by Crippen LogP contribution is -1.96. The fourth-order valence-electron chi connectivity index (χ4n) is 1.46.